The van der Waals surface area contributed by atoms with E-state index in [1.165, 1.54) is 4.31 Å². The first-order valence-corrected chi connectivity index (χ1v) is 12.1. The predicted octanol–water partition coefficient (Wildman–Crippen LogP) is 4.45. The first-order chi connectivity index (χ1) is 16.6. The predicted molar refractivity (Wildman–Crippen MR) is 137 cm³/mol. The van der Waals surface area contributed by atoms with Crippen molar-refractivity contribution in [3.8, 4) is 11.1 Å². The van der Waals surface area contributed by atoms with Crippen LogP contribution in [0.1, 0.15) is 0 Å². The number of fused-ring (bicyclic) bond motifs is 1. The molecule has 1 fully saturated rings. The maximum absolute atomic E-state index is 11.3. The zero-order chi connectivity index (χ0) is 23.5. The Hall–Kier alpha value is -3.53. The van der Waals surface area contributed by atoms with E-state index in [1.54, 1.807) is 7.05 Å². The monoisotopic (exact) mass is 475 g/mol. The number of nitrogens with one attached hydrogen (secondary N) is 1. The Morgan fingerprint density at radius 1 is 1.06 bits per heavy atom. The molecular formula is C25H25N5O3S. The van der Waals surface area contributed by atoms with E-state index in [0.717, 1.165) is 59.7 Å². The number of para-hydroxylation sites is 1. The second kappa shape index (κ2) is 9.76. The van der Waals surface area contributed by atoms with Gasteiger partial charge in [0.25, 0.3) is 11.3 Å². The molecule has 4 aromatic rings. The largest absolute Gasteiger partial charge is 0.378 e. The van der Waals surface area contributed by atoms with Gasteiger partial charge < -0.3 is 15.0 Å². The van der Waals surface area contributed by atoms with Gasteiger partial charge in [-0.15, -0.1) is 0 Å². The van der Waals surface area contributed by atoms with Crippen molar-refractivity contribution in [1.82, 2.24) is 9.97 Å². The van der Waals surface area contributed by atoms with Gasteiger partial charge in [-0.05, 0) is 35.9 Å². The minimum atomic E-state index is -2.07. The first-order valence-electron chi connectivity index (χ1n) is 11.0. The molecule has 2 heterocycles. The van der Waals surface area contributed by atoms with E-state index in [2.05, 4.69) is 27.3 Å². The molecule has 1 atom stereocenters. The van der Waals surface area contributed by atoms with Crippen LogP contribution in [0.3, 0.4) is 0 Å². The molecular weight excluding hydrogens is 450 g/mol. The van der Waals surface area contributed by atoms with Crippen molar-refractivity contribution in [2.75, 3.05) is 47.9 Å². The van der Waals surface area contributed by atoms with Crippen LogP contribution < -0.4 is 14.5 Å². The van der Waals surface area contributed by atoms with Crippen LogP contribution in [0.4, 0.5) is 23.0 Å². The molecule has 0 radical (unpaired) electrons. The van der Waals surface area contributed by atoms with E-state index in [-0.39, 0.29) is 0 Å². The van der Waals surface area contributed by atoms with Gasteiger partial charge in [0.05, 0.1) is 24.4 Å². The minimum Gasteiger partial charge on any atom is -0.378 e. The van der Waals surface area contributed by atoms with Crippen molar-refractivity contribution in [1.29, 1.82) is 0 Å². The smallest absolute Gasteiger partial charge is 0.261 e. The van der Waals surface area contributed by atoms with Gasteiger partial charge in [-0.1, -0.05) is 36.4 Å². The molecule has 0 aliphatic carbocycles. The normalized spacial score (nSPS) is 14.7. The molecule has 34 heavy (non-hydrogen) atoms. The molecule has 1 aliphatic heterocycles. The Labute approximate surface area is 200 Å². The molecule has 3 aromatic carbocycles. The average Bonchev–Trinajstić information content (AvgIpc) is 2.88. The van der Waals surface area contributed by atoms with Crippen molar-refractivity contribution in [2.24, 2.45) is 0 Å². The highest BCUT2D eigenvalue weighted by Crippen LogP contribution is 2.30. The van der Waals surface area contributed by atoms with Crippen LogP contribution in [0, 0.1) is 0 Å². The van der Waals surface area contributed by atoms with Crippen molar-refractivity contribution >= 4 is 45.2 Å². The van der Waals surface area contributed by atoms with E-state index in [1.807, 2.05) is 60.8 Å². The number of anilines is 4. The zero-order valence-corrected chi connectivity index (χ0v) is 19.5. The standard InChI is InChI=1S/C25H25N5O3S/c1-29(34(31)32)21-10-8-18(9-11-21)23-7-2-4-19-17-26-25(28-24(19)23)27-20-5-3-6-22(16-20)30-12-14-33-15-13-30/h2-11,16-17H,12-15H2,1H3,(H,31,32)(H,26,27,28). The number of nitrogens with zero attached hydrogens (tertiary/aromatic N) is 4. The van der Waals surface area contributed by atoms with Crippen LogP contribution in [0.5, 0.6) is 0 Å². The molecule has 9 heteroatoms. The summed E-state index contributed by atoms with van der Waals surface area (Å²) in [5, 5.41) is 4.28. The highest BCUT2D eigenvalue weighted by atomic mass is 32.2. The third kappa shape index (κ3) is 4.72. The molecule has 0 saturated carbocycles. The summed E-state index contributed by atoms with van der Waals surface area (Å²) in [5.74, 6) is 0.520. The topological polar surface area (TPSA) is 90.8 Å². The molecule has 174 valence electrons. The van der Waals surface area contributed by atoms with Gasteiger partial charge in [0.15, 0.2) is 0 Å². The fourth-order valence-electron chi connectivity index (χ4n) is 4.02. The summed E-state index contributed by atoms with van der Waals surface area (Å²) in [5.41, 5.74) is 5.47. The Bertz CT molecular complexity index is 1330. The van der Waals surface area contributed by atoms with Gasteiger partial charge in [0, 0.05) is 48.7 Å². The average molecular weight is 476 g/mol. The Morgan fingerprint density at radius 2 is 1.82 bits per heavy atom. The Morgan fingerprint density at radius 3 is 2.59 bits per heavy atom. The first kappa shape index (κ1) is 22.3. The molecule has 0 bridgehead atoms. The summed E-state index contributed by atoms with van der Waals surface area (Å²) >= 11 is -2.07. The van der Waals surface area contributed by atoms with Crippen molar-refractivity contribution in [3.63, 3.8) is 0 Å². The summed E-state index contributed by atoms with van der Waals surface area (Å²) in [4.78, 5) is 11.6. The highest BCUT2D eigenvalue weighted by Gasteiger charge is 2.13. The second-order valence-electron chi connectivity index (χ2n) is 7.99. The quantitative estimate of drug-likeness (QED) is 0.398. The fourth-order valence-corrected chi connectivity index (χ4v) is 4.32. The lowest BCUT2D eigenvalue weighted by atomic mass is 10.0. The molecule has 0 spiro atoms. The van der Waals surface area contributed by atoms with Crippen LogP contribution in [0.2, 0.25) is 0 Å². The number of rotatable bonds is 6. The lowest BCUT2D eigenvalue weighted by Gasteiger charge is -2.29. The molecule has 8 nitrogen and oxygen atoms in total. The number of ether oxygens (including phenoxy) is 1. The minimum absolute atomic E-state index is 0.520. The molecule has 2 N–H and O–H groups in total. The van der Waals surface area contributed by atoms with E-state index < -0.39 is 11.3 Å². The van der Waals surface area contributed by atoms with Gasteiger partial charge in [0.2, 0.25) is 5.95 Å². The van der Waals surface area contributed by atoms with Crippen LogP contribution in [-0.4, -0.2) is 52.1 Å². The van der Waals surface area contributed by atoms with Gasteiger partial charge in [-0.25, -0.2) is 14.2 Å². The molecule has 0 amide bonds. The Balaban J connectivity index is 1.44. The fraction of sp³-hybridized carbons (Fsp3) is 0.200. The second-order valence-corrected chi connectivity index (χ2v) is 9.00. The zero-order valence-electron chi connectivity index (χ0n) is 18.7. The molecule has 1 saturated heterocycles. The SMILES string of the molecule is CN(c1ccc(-c2cccc3cnc(Nc4cccc(N5CCOCC5)c4)nc23)cc1)S(=O)O. The summed E-state index contributed by atoms with van der Waals surface area (Å²) in [6.07, 6.45) is 1.82. The Kier molecular flexibility index (Phi) is 6.39. The molecule has 1 aromatic heterocycles. The van der Waals surface area contributed by atoms with Gasteiger partial charge in [0.1, 0.15) is 0 Å². The third-order valence-electron chi connectivity index (χ3n) is 5.87. The summed E-state index contributed by atoms with van der Waals surface area (Å²) < 4.78 is 27.4. The molecule has 5 rings (SSSR count). The summed E-state index contributed by atoms with van der Waals surface area (Å²) in [7, 11) is 1.57. The van der Waals surface area contributed by atoms with E-state index in [0.29, 0.717) is 11.6 Å². The van der Waals surface area contributed by atoms with Crippen molar-refractivity contribution in [2.45, 2.75) is 0 Å². The third-order valence-corrected chi connectivity index (χ3v) is 6.54. The molecule has 1 unspecified atom stereocenters. The van der Waals surface area contributed by atoms with Gasteiger partial charge in [-0.3, -0.25) is 8.86 Å². The number of benzene rings is 3. The van der Waals surface area contributed by atoms with Crippen LogP contribution >= 0.6 is 0 Å². The van der Waals surface area contributed by atoms with Crippen molar-refractivity contribution in [3.05, 3.63) is 72.9 Å². The number of hydrogen-bond donors (Lipinski definition) is 2. The summed E-state index contributed by atoms with van der Waals surface area (Å²) in [6, 6.07) is 21.7. The van der Waals surface area contributed by atoms with Crippen LogP contribution in [0.15, 0.2) is 72.9 Å². The van der Waals surface area contributed by atoms with E-state index in [9.17, 15) is 8.76 Å². The lowest BCUT2D eigenvalue weighted by molar-refractivity contribution is 0.122. The van der Waals surface area contributed by atoms with Gasteiger partial charge >= 0.3 is 0 Å². The summed E-state index contributed by atoms with van der Waals surface area (Å²) in [6.45, 7) is 3.23. The molecule has 1 aliphatic rings. The lowest BCUT2D eigenvalue weighted by Crippen LogP contribution is -2.36. The number of morpholine rings is 1. The van der Waals surface area contributed by atoms with Gasteiger partial charge in [-0.2, -0.15) is 0 Å². The highest BCUT2D eigenvalue weighted by molar-refractivity contribution is 7.80. The number of aromatic nitrogens is 2. The van der Waals surface area contributed by atoms with E-state index in [4.69, 9.17) is 9.72 Å². The number of hydrogen-bond acceptors (Lipinski definition) is 6. The van der Waals surface area contributed by atoms with E-state index >= 15 is 0 Å². The maximum Gasteiger partial charge on any atom is 0.261 e. The maximum atomic E-state index is 11.3. The van der Waals surface area contributed by atoms with Crippen LogP contribution in [0.25, 0.3) is 22.0 Å². The van der Waals surface area contributed by atoms with Crippen molar-refractivity contribution < 1.29 is 13.5 Å². The van der Waals surface area contributed by atoms with Crippen LogP contribution in [-0.2, 0) is 16.0 Å².